The summed E-state index contributed by atoms with van der Waals surface area (Å²) in [6.45, 7) is 0.626. The monoisotopic (exact) mass is 324 g/mol. The Kier molecular flexibility index (Phi) is 5.36. The molecule has 0 atom stereocenters. The van der Waals surface area contributed by atoms with Crippen LogP contribution in [0.1, 0.15) is 16.7 Å². The summed E-state index contributed by atoms with van der Waals surface area (Å²) in [5.41, 5.74) is 7.95. The Bertz CT molecular complexity index is 700. The van der Waals surface area contributed by atoms with Gasteiger partial charge in [0.2, 0.25) is 10.0 Å². The summed E-state index contributed by atoms with van der Waals surface area (Å²) in [7, 11) is -3.41. The van der Waals surface area contributed by atoms with E-state index in [1.54, 1.807) is 30.3 Å². The minimum absolute atomic E-state index is 0.0672. The van der Waals surface area contributed by atoms with Crippen molar-refractivity contribution >= 4 is 21.6 Å². The summed E-state index contributed by atoms with van der Waals surface area (Å²) in [4.78, 5) is 0. The number of nitrogens with two attached hydrogens (primary N) is 1. The number of hydrogen-bond donors (Lipinski definition) is 2. The van der Waals surface area contributed by atoms with Crippen molar-refractivity contribution in [2.45, 2.75) is 18.8 Å². The molecule has 112 valence electrons. The normalized spacial score (nSPS) is 11.5. The van der Waals surface area contributed by atoms with E-state index in [9.17, 15) is 8.42 Å². The Labute approximate surface area is 130 Å². The summed E-state index contributed by atoms with van der Waals surface area (Å²) in [5.74, 6) is -0.0672. The highest BCUT2D eigenvalue weighted by molar-refractivity contribution is 7.88. The van der Waals surface area contributed by atoms with E-state index in [-0.39, 0.29) is 12.3 Å². The van der Waals surface area contributed by atoms with Gasteiger partial charge in [-0.25, -0.2) is 13.1 Å². The van der Waals surface area contributed by atoms with E-state index in [0.29, 0.717) is 11.6 Å². The van der Waals surface area contributed by atoms with Crippen LogP contribution >= 0.6 is 11.6 Å². The molecule has 21 heavy (non-hydrogen) atoms. The molecule has 0 aliphatic heterocycles. The first-order chi connectivity index (χ1) is 10.00. The van der Waals surface area contributed by atoms with E-state index in [0.717, 1.165) is 16.7 Å². The number of sulfonamides is 1. The van der Waals surface area contributed by atoms with Crippen molar-refractivity contribution in [2.75, 3.05) is 0 Å². The first kappa shape index (κ1) is 16.0. The van der Waals surface area contributed by atoms with Gasteiger partial charge < -0.3 is 5.73 Å². The molecule has 0 amide bonds. The van der Waals surface area contributed by atoms with Crippen LogP contribution in [0.5, 0.6) is 0 Å². The van der Waals surface area contributed by atoms with Crippen LogP contribution in [-0.2, 0) is 28.9 Å². The fraction of sp³-hybridized carbons (Fsp3) is 0.200. The van der Waals surface area contributed by atoms with Crippen LogP contribution in [-0.4, -0.2) is 8.42 Å². The van der Waals surface area contributed by atoms with Crippen molar-refractivity contribution in [1.29, 1.82) is 0 Å². The summed E-state index contributed by atoms with van der Waals surface area (Å²) >= 11 is 6.00. The topological polar surface area (TPSA) is 72.2 Å². The molecule has 0 saturated heterocycles. The third-order valence-corrected chi connectivity index (χ3v) is 4.72. The SMILES string of the molecule is NCc1ccc(CS(=O)(=O)NCc2ccccc2Cl)cc1. The lowest BCUT2D eigenvalue weighted by Crippen LogP contribution is -2.24. The molecular formula is C15H17ClN2O2S. The number of rotatable bonds is 6. The van der Waals surface area contributed by atoms with Gasteiger partial charge in [0.05, 0.1) is 5.75 Å². The van der Waals surface area contributed by atoms with Gasteiger partial charge in [-0.2, -0.15) is 0 Å². The predicted octanol–water partition coefficient (Wildman–Crippen LogP) is 2.42. The van der Waals surface area contributed by atoms with E-state index < -0.39 is 10.0 Å². The first-order valence-electron chi connectivity index (χ1n) is 6.49. The molecule has 3 N–H and O–H groups in total. The Morgan fingerprint density at radius 3 is 2.24 bits per heavy atom. The maximum Gasteiger partial charge on any atom is 0.216 e. The largest absolute Gasteiger partial charge is 0.326 e. The van der Waals surface area contributed by atoms with Gasteiger partial charge in [0.15, 0.2) is 0 Å². The zero-order valence-electron chi connectivity index (χ0n) is 11.4. The Hall–Kier alpha value is -1.40. The molecule has 0 saturated carbocycles. The van der Waals surface area contributed by atoms with Crippen LogP contribution in [0.15, 0.2) is 48.5 Å². The fourth-order valence-electron chi connectivity index (χ4n) is 1.87. The number of hydrogen-bond acceptors (Lipinski definition) is 3. The average Bonchev–Trinajstić information content (AvgIpc) is 2.47. The molecule has 0 bridgehead atoms. The van der Waals surface area contributed by atoms with Gasteiger partial charge in [-0.05, 0) is 22.8 Å². The second-order valence-corrected chi connectivity index (χ2v) is 6.91. The second kappa shape index (κ2) is 7.04. The van der Waals surface area contributed by atoms with Gasteiger partial charge in [-0.1, -0.05) is 54.1 Å². The van der Waals surface area contributed by atoms with Crippen LogP contribution in [0.25, 0.3) is 0 Å². The molecule has 2 aromatic carbocycles. The summed E-state index contributed by atoms with van der Waals surface area (Å²) in [5, 5.41) is 0.549. The van der Waals surface area contributed by atoms with Gasteiger partial charge in [-0.15, -0.1) is 0 Å². The highest BCUT2D eigenvalue weighted by atomic mass is 35.5. The standard InChI is InChI=1S/C15H17ClN2O2S/c16-15-4-2-1-3-14(15)10-18-21(19,20)11-13-7-5-12(9-17)6-8-13/h1-8,18H,9-11,17H2. The summed E-state index contributed by atoms with van der Waals surface area (Å²) < 4.78 is 26.7. The van der Waals surface area contributed by atoms with E-state index in [2.05, 4.69) is 4.72 Å². The maximum absolute atomic E-state index is 12.1. The predicted molar refractivity (Wildman–Crippen MR) is 85.2 cm³/mol. The lowest BCUT2D eigenvalue weighted by molar-refractivity contribution is 0.580. The fourth-order valence-corrected chi connectivity index (χ4v) is 3.18. The number of nitrogens with one attached hydrogen (secondary N) is 1. The van der Waals surface area contributed by atoms with E-state index in [4.69, 9.17) is 17.3 Å². The van der Waals surface area contributed by atoms with Crippen molar-refractivity contribution in [3.05, 3.63) is 70.2 Å². The van der Waals surface area contributed by atoms with Crippen LogP contribution < -0.4 is 10.5 Å². The highest BCUT2D eigenvalue weighted by Gasteiger charge is 2.12. The van der Waals surface area contributed by atoms with Gasteiger partial charge in [0.1, 0.15) is 0 Å². The second-order valence-electron chi connectivity index (χ2n) is 4.69. The van der Waals surface area contributed by atoms with E-state index in [1.165, 1.54) is 0 Å². The molecule has 2 rings (SSSR count). The first-order valence-corrected chi connectivity index (χ1v) is 8.52. The number of halogens is 1. The van der Waals surface area contributed by atoms with Crippen LogP contribution in [0.2, 0.25) is 5.02 Å². The third-order valence-electron chi connectivity index (χ3n) is 3.06. The lowest BCUT2D eigenvalue weighted by atomic mass is 10.1. The molecule has 4 nitrogen and oxygen atoms in total. The zero-order valence-corrected chi connectivity index (χ0v) is 13.0. The van der Waals surface area contributed by atoms with E-state index >= 15 is 0 Å². The van der Waals surface area contributed by atoms with Gasteiger partial charge in [0.25, 0.3) is 0 Å². The van der Waals surface area contributed by atoms with Crippen LogP contribution in [0, 0.1) is 0 Å². The lowest BCUT2D eigenvalue weighted by Gasteiger charge is -2.08. The molecule has 0 aliphatic rings. The molecule has 0 radical (unpaired) electrons. The van der Waals surface area contributed by atoms with Gasteiger partial charge in [-0.3, -0.25) is 0 Å². The van der Waals surface area contributed by atoms with Crippen molar-refractivity contribution in [3.8, 4) is 0 Å². The maximum atomic E-state index is 12.1. The van der Waals surface area contributed by atoms with Crippen LogP contribution in [0.4, 0.5) is 0 Å². The molecule has 0 heterocycles. The van der Waals surface area contributed by atoms with Crippen LogP contribution in [0.3, 0.4) is 0 Å². The molecule has 6 heteroatoms. The summed E-state index contributed by atoms with van der Waals surface area (Å²) in [6.07, 6.45) is 0. The molecule has 0 unspecified atom stereocenters. The van der Waals surface area contributed by atoms with E-state index in [1.807, 2.05) is 18.2 Å². The average molecular weight is 325 g/mol. The third kappa shape index (κ3) is 4.82. The molecule has 0 aromatic heterocycles. The number of benzene rings is 2. The molecular weight excluding hydrogens is 308 g/mol. The molecule has 2 aromatic rings. The smallest absolute Gasteiger partial charge is 0.216 e. The molecule has 0 fully saturated rings. The van der Waals surface area contributed by atoms with Crippen molar-refractivity contribution in [2.24, 2.45) is 5.73 Å². The van der Waals surface area contributed by atoms with Crippen molar-refractivity contribution in [3.63, 3.8) is 0 Å². The minimum Gasteiger partial charge on any atom is -0.326 e. The molecule has 0 spiro atoms. The van der Waals surface area contributed by atoms with Gasteiger partial charge in [0, 0.05) is 18.1 Å². The van der Waals surface area contributed by atoms with Crippen molar-refractivity contribution in [1.82, 2.24) is 4.72 Å². The minimum atomic E-state index is -3.41. The zero-order chi connectivity index (χ0) is 15.3. The Morgan fingerprint density at radius 2 is 1.62 bits per heavy atom. The van der Waals surface area contributed by atoms with Gasteiger partial charge >= 0.3 is 0 Å². The highest BCUT2D eigenvalue weighted by Crippen LogP contribution is 2.15. The molecule has 0 aliphatic carbocycles. The van der Waals surface area contributed by atoms with Crippen molar-refractivity contribution < 1.29 is 8.42 Å². The Morgan fingerprint density at radius 1 is 1.00 bits per heavy atom. The summed E-state index contributed by atoms with van der Waals surface area (Å²) in [6, 6.07) is 14.4. The Balaban J connectivity index is 2.00. The quantitative estimate of drug-likeness (QED) is 0.857.